The largest absolute Gasteiger partial charge is 0.467 e. The molecule has 16 heavy (non-hydrogen) atoms. The first-order valence-corrected chi connectivity index (χ1v) is 8.79. The van der Waals surface area contributed by atoms with Gasteiger partial charge in [0.25, 0.3) is 0 Å². The summed E-state index contributed by atoms with van der Waals surface area (Å²) in [6, 6.07) is -0.414. The molecule has 6 heteroatoms. The fraction of sp³-hybridized carbons (Fsp3) is 0.700. The molecule has 0 amide bonds. The molecule has 0 spiro atoms. The summed E-state index contributed by atoms with van der Waals surface area (Å²) in [7, 11) is -0.115. The van der Waals surface area contributed by atoms with Gasteiger partial charge < -0.3 is 4.74 Å². The van der Waals surface area contributed by atoms with Crippen LogP contribution in [0.25, 0.3) is 0 Å². The molecular weight excluding hydrogens is 222 g/mol. The van der Waals surface area contributed by atoms with E-state index in [1.165, 1.54) is 7.11 Å². The summed E-state index contributed by atoms with van der Waals surface area (Å²) in [4.78, 5) is 11.4. The molecule has 0 aliphatic carbocycles. The maximum Gasteiger partial charge on any atom is 0.330 e. The number of carbonyl (C=O) groups is 1. The lowest BCUT2D eigenvalue weighted by atomic mass is 10.3. The fourth-order valence-corrected chi connectivity index (χ4v) is 3.22. The monoisotopic (exact) mass is 241 g/mol. The summed E-state index contributed by atoms with van der Waals surface area (Å²) in [6.45, 7) is 10.3. The SMILES string of the molecule is COC(=O)C(C)n1nnc([Si](C)(C)C)c1C. The average Bonchev–Trinajstić information content (AvgIpc) is 2.57. The highest BCUT2D eigenvalue weighted by molar-refractivity contribution is 6.88. The molecule has 0 radical (unpaired) electrons. The molecule has 1 aromatic heterocycles. The lowest BCUT2D eigenvalue weighted by Gasteiger charge is -2.15. The summed E-state index contributed by atoms with van der Waals surface area (Å²) in [5.74, 6) is -0.296. The van der Waals surface area contributed by atoms with E-state index in [-0.39, 0.29) is 5.97 Å². The van der Waals surface area contributed by atoms with Crippen LogP contribution in [0, 0.1) is 6.92 Å². The number of hydrogen-bond acceptors (Lipinski definition) is 4. The first-order valence-electron chi connectivity index (χ1n) is 5.29. The second-order valence-electron chi connectivity index (χ2n) is 4.92. The third-order valence-electron chi connectivity index (χ3n) is 2.55. The second kappa shape index (κ2) is 4.37. The summed E-state index contributed by atoms with van der Waals surface area (Å²) < 4.78 is 6.34. The van der Waals surface area contributed by atoms with E-state index >= 15 is 0 Å². The molecule has 0 saturated heterocycles. The van der Waals surface area contributed by atoms with Crippen molar-refractivity contribution >= 4 is 19.4 Å². The molecule has 0 N–H and O–H groups in total. The second-order valence-corrected chi connectivity index (χ2v) is 9.89. The van der Waals surface area contributed by atoms with Crippen LogP contribution in [0.2, 0.25) is 19.6 Å². The van der Waals surface area contributed by atoms with Crippen LogP contribution in [0.15, 0.2) is 0 Å². The number of methoxy groups -OCH3 is 1. The Hall–Kier alpha value is -1.17. The summed E-state index contributed by atoms with van der Waals surface area (Å²) in [5.41, 5.74) is 0.970. The maximum atomic E-state index is 11.4. The van der Waals surface area contributed by atoms with Gasteiger partial charge in [0.05, 0.1) is 18.1 Å². The van der Waals surface area contributed by atoms with Crippen LogP contribution >= 0.6 is 0 Å². The molecule has 1 atom stereocenters. The van der Waals surface area contributed by atoms with Gasteiger partial charge in [0.1, 0.15) is 14.1 Å². The van der Waals surface area contributed by atoms with Crippen molar-refractivity contribution in [1.29, 1.82) is 0 Å². The molecule has 1 rings (SSSR count). The van der Waals surface area contributed by atoms with Crippen molar-refractivity contribution in [3.05, 3.63) is 5.69 Å². The number of esters is 1. The van der Waals surface area contributed by atoms with Gasteiger partial charge in [-0.1, -0.05) is 24.9 Å². The summed E-state index contributed by atoms with van der Waals surface area (Å²) in [5, 5.41) is 9.29. The first-order chi connectivity index (χ1) is 7.29. The van der Waals surface area contributed by atoms with E-state index in [1.54, 1.807) is 11.6 Å². The van der Waals surface area contributed by atoms with Crippen molar-refractivity contribution < 1.29 is 9.53 Å². The maximum absolute atomic E-state index is 11.4. The van der Waals surface area contributed by atoms with Crippen LogP contribution in [0.1, 0.15) is 18.7 Å². The Morgan fingerprint density at radius 1 is 1.44 bits per heavy atom. The zero-order valence-electron chi connectivity index (χ0n) is 10.7. The molecule has 5 nitrogen and oxygen atoms in total. The Kier molecular flexibility index (Phi) is 3.52. The molecule has 0 aromatic carbocycles. The van der Waals surface area contributed by atoms with Crippen molar-refractivity contribution in [2.75, 3.05) is 7.11 Å². The van der Waals surface area contributed by atoms with Gasteiger partial charge in [0.2, 0.25) is 0 Å². The van der Waals surface area contributed by atoms with E-state index in [0.29, 0.717) is 0 Å². The van der Waals surface area contributed by atoms with Gasteiger partial charge in [-0.25, -0.2) is 9.48 Å². The molecule has 1 unspecified atom stereocenters. The molecule has 1 heterocycles. The van der Waals surface area contributed by atoms with Crippen LogP contribution < -0.4 is 5.32 Å². The smallest absolute Gasteiger partial charge is 0.330 e. The molecule has 0 saturated carbocycles. The van der Waals surface area contributed by atoms with E-state index in [4.69, 9.17) is 4.74 Å². The number of nitrogens with zero attached hydrogens (tertiary/aromatic N) is 3. The zero-order chi connectivity index (χ0) is 12.5. The Labute approximate surface area is 96.8 Å². The zero-order valence-corrected chi connectivity index (χ0v) is 11.7. The molecule has 0 aliphatic rings. The minimum absolute atomic E-state index is 0.296. The predicted octanol–water partition coefficient (Wildman–Crippen LogP) is 0.866. The van der Waals surface area contributed by atoms with Crippen molar-refractivity contribution in [2.24, 2.45) is 0 Å². The van der Waals surface area contributed by atoms with Gasteiger partial charge in [-0.3, -0.25) is 0 Å². The highest BCUT2D eigenvalue weighted by atomic mass is 28.3. The van der Waals surface area contributed by atoms with Crippen LogP contribution in [0.3, 0.4) is 0 Å². The Balaban J connectivity index is 3.10. The van der Waals surface area contributed by atoms with Crippen molar-refractivity contribution in [1.82, 2.24) is 15.0 Å². The minimum atomic E-state index is -1.49. The van der Waals surface area contributed by atoms with Crippen molar-refractivity contribution in [3.63, 3.8) is 0 Å². The summed E-state index contributed by atoms with van der Waals surface area (Å²) >= 11 is 0. The van der Waals surface area contributed by atoms with E-state index in [9.17, 15) is 4.79 Å². The van der Waals surface area contributed by atoms with E-state index in [2.05, 4.69) is 30.0 Å². The third kappa shape index (κ3) is 2.32. The molecule has 0 fully saturated rings. The lowest BCUT2D eigenvalue weighted by Crippen LogP contribution is -2.41. The highest BCUT2D eigenvalue weighted by Crippen LogP contribution is 2.10. The number of aromatic nitrogens is 3. The fourth-order valence-electron chi connectivity index (χ4n) is 1.67. The van der Waals surface area contributed by atoms with Crippen LogP contribution in [0.5, 0.6) is 0 Å². The van der Waals surface area contributed by atoms with Gasteiger partial charge in [-0.2, -0.15) is 0 Å². The van der Waals surface area contributed by atoms with Gasteiger partial charge in [0.15, 0.2) is 0 Å². The van der Waals surface area contributed by atoms with Gasteiger partial charge in [0, 0.05) is 0 Å². The van der Waals surface area contributed by atoms with E-state index in [0.717, 1.165) is 11.0 Å². The third-order valence-corrected chi connectivity index (χ3v) is 4.43. The number of carbonyl (C=O) groups excluding carboxylic acids is 1. The Morgan fingerprint density at radius 3 is 2.38 bits per heavy atom. The molecule has 1 aromatic rings. The summed E-state index contributed by atoms with van der Waals surface area (Å²) in [6.07, 6.45) is 0. The number of ether oxygens (including phenoxy) is 1. The van der Waals surface area contributed by atoms with Gasteiger partial charge in [-0.15, -0.1) is 5.10 Å². The Morgan fingerprint density at radius 2 is 2.00 bits per heavy atom. The highest BCUT2D eigenvalue weighted by Gasteiger charge is 2.27. The predicted molar refractivity (Wildman–Crippen MR) is 64.5 cm³/mol. The van der Waals surface area contributed by atoms with Gasteiger partial charge >= 0.3 is 5.97 Å². The first kappa shape index (κ1) is 12.9. The minimum Gasteiger partial charge on any atom is -0.467 e. The standard InChI is InChI=1S/C10H19N3O2Si/c1-7-9(16(4,5)6)11-12-13(7)8(2)10(14)15-3/h8H,1-6H3. The molecule has 0 bridgehead atoms. The molecule has 90 valence electrons. The lowest BCUT2D eigenvalue weighted by molar-refractivity contribution is -0.144. The van der Waals surface area contributed by atoms with Gasteiger partial charge in [-0.05, 0) is 13.8 Å². The quantitative estimate of drug-likeness (QED) is 0.582. The normalized spacial score (nSPS) is 13.6. The van der Waals surface area contributed by atoms with Crippen molar-refractivity contribution in [3.8, 4) is 0 Å². The van der Waals surface area contributed by atoms with Crippen LogP contribution in [0.4, 0.5) is 0 Å². The van der Waals surface area contributed by atoms with Crippen molar-refractivity contribution in [2.45, 2.75) is 39.5 Å². The van der Waals surface area contributed by atoms with Crippen LogP contribution in [-0.4, -0.2) is 36.1 Å². The number of hydrogen-bond donors (Lipinski definition) is 0. The van der Waals surface area contributed by atoms with E-state index in [1.807, 2.05) is 6.92 Å². The molecular formula is C10H19N3O2Si. The topological polar surface area (TPSA) is 57.0 Å². The number of rotatable bonds is 3. The average molecular weight is 241 g/mol. The van der Waals surface area contributed by atoms with Crippen LogP contribution in [-0.2, 0) is 9.53 Å². The Bertz CT molecular complexity index is 395. The molecule has 0 aliphatic heterocycles. The van der Waals surface area contributed by atoms with E-state index < -0.39 is 14.1 Å².